The average Bonchev–Trinajstić information content (AvgIpc) is 3.58. The normalized spacial score (nSPS) is 18.8. The lowest BCUT2D eigenvalue weighted by atomic mass is 9.86. The number of benzene rings is 2. The van der Waals surface area contributed by atoms with E-state index in [-0.39, 0.29) is 29.3 Å². The zero-order valence-corrected chi connectivity index (χ0v) is 19.4. The molecule has 1 atom stereocenters. The van der Waals surface area contributed by atoms with Gasteiger partial charge in [0.15, 0.2) is 0 Å². The molecule has 6 nitrogen and oxygen atoms in total. The average molecular weight is 436 g/mol. The molecule has 1 N–H and O–H groups in total. The first-order chi connectivity index (χ1) is 15.3. The van der Waals surface area contributed by atoms with Crippen molar-refractivity contribution in [1.29, 1.82) is 0 Å². The molecule has 1 saturated heterocycles. The molecule has 0 radical (unpaired) electrons. The third kappa shape index (κ3) is 4.90. The van der Waals surface area contributed by atoms with E-state index in [0.717, 1.165) is 36.1 Å². The fourth-order valence-electron chi connectivity index (χ4n) is 4.09. The molecule has 3 amide bonds. The van der Waals surface area contributed by atoms with Crippen molar-refractivity contribution < 1.29 is 14.3 Å². The van der Waals surface area contributed by atoms with E-state index in [2.05, 4.69) is 50.5 Å². The highest BCUT2D eigenvalue weighted by atomic mass is 16.5. The topological polar surface area (TPSA) is 61.9 Å². The minimum atomic E-state index is -0.141. The van der Waals surface area contributed by atoms with Crippen LogP contribution < -0.4 is 10.2 Å². The predicted molar refractivity (Wildman–Crippen MR) is 124 cm³/mol. The summed E-state index contributed by atoms with van der Waals surface area (Å²) in [4.78, 5) is 27.4. The van der Waals surface area contributed by atoms with Crippen LogP contribution in [0.4, 0.5) is 4.79 Å². The summed E-state index contributed by atoms with van der Waals surface area (Å²) in [5, 5.41) is 1.50. The summed E-state index contributed by atoms with van der Waals surface area (Å²) in [7, 11) is 1.65. The van der Waals surface area contributed by atoms with Crippen LogP contribution in [0.2, 0.25) is 0 Å². The Kier molecular flexibility index (Phi) is 6.13. The summed E-state index contributed by atoms with van der Waals surface area (Å²) >= 11 is 0. The zero-order valence-electron chi connectivity index (χ0n) is 19.4. The Bertz CT molecular complexity index is 959. The Morgan fingerprint density at radius 3 is 2.28 bits per heavy atom. The van der Waals surface area contributed by atoms with Crippen molar-refractivity contribution in [2.75, 3.05) is 20.2 Å². The van der Waals surface area contributed by atoms with Gasteiger partial charge in [-0.05, 0) is 53.5 Å². The first kappa shape index (κ1) is 22.2. The number of carbonyl (C=O) groups excluding carboxylic acids is 2. The molecule has 1 aliphatic carbocycles. The lowest BCUT2D eigenvalue weighted by Crippen LogP contribution is -2.45. The molecule has 0 aromatic heterocycles. The molecular formula is C26H33N3O3. The third-order valence-corrected chi connectivity index (χ3v) is 6.36. The standard InChI is InChI=1S/C26H33N3O3/c1-26(2,3)21-11-9-19(10-12-21)23-17-29(27-24(30)20-7-8-20)25(31)28(23)16-15-18-5-13-22(32-4)14-6-18/h5-6,9-14,20,23H,7-8,15-17H2,1-4H3,(H,27,30). The number of carbonyl (C=O) groups is 2. The van der Waals surface area contributed by atoms with E-state index in [9.17, 15) is 9.59 Å². The molecule has 170 valence electrons. The van der Waals surface area contributed by atoms with Gasteiger partial charge in [0.2, 0.25) is 5.91 Å². The maximum Gasteiger partial charge on any atom is 0.339 e. The Labute approximate surface area is 190 Å². The fraction of sp³-hybridized carbons (Fsp3) is 0.462. The molecule has 2 aromatic carbocycles. The van der Waals surface area contributed by atoms with Crippen molar-refractivity contribution in [3.8, 4) is 5.75 Å². The number of hydrazine groups is 1. The van der Waals surface area contributed by atoms with Gasteiger partial charge < -0.3 is 9.64 Å². The predicted octanol–water partition coefficient (Wildman–Crippen LogP) is 4.46. The number of ether oxygens (including phenoxy) is 1. The minimum absolute atomic E-state index is 0.0443. The van der Waals surface area contributed by atoms with Gasteiger partial charge in [0, 0.05) is 12.5 Å². The van der Waals surface area contributed by atoms with E-state index in [4.69, 9.17) is 4.74 Å². The maximum absolute atomic E-state index is 13.2. The smallest absolute Gasteiger partial charge is 0.339 e. The lowest BCUT2D eigenvalue weighted by molar-refractivity contribution is -0.125. The Morgan fingerprint density at radius 1 is 1.06 bits per heavy atom. The van der Waals surface area contributed by atoms with Crippen molar-refractivity contribution in [3.63, 3.8) is 0 Å². The van der Waals surface area contributed by atoms with E-state index >= 15 is 0 Å². The Balaban J connectivity index is 1.52. The monoisotopic (exact) mass is 435 g/mol. The summed E-state index contributed by atoms with van der Waals surface area (Å²) in [5.41, 5.74) is 6.41. The highest BCUT2D eigenvalue weighted by Crippen LogP contribution is 2.33. The molecule has 1 heterocycles. The molecule has 6 heteroatoms. The number of nitrogens with one attached hydrogen (secondary N) is 1. The van der Waals surface area contributed by atoms with Gasteiger partial charge in [-0.15, -0.1) is 0 Å². The highest BCUT2D eigenvalue weighted by molar-refractivity contribution is 5.85. The van der Waals surface area contributed by atoms with Crippen molar-refractivity contribution in [3.05, 3.63) is 65.2 Å². The summed E-state index contributed by atoms with van der Waals surface area (Å²) < 4.78 is 5.24. The summed E-state index contributed by atoms with van der Waals surface area (Å²) in [6.45, 7) is 7.60. The van der Waals surface area contributed by atoms with Crippen LogP contribution in [0.1, 0.15) is 56.3 Å². The van der Waals surface area contributed by atoms with Crippen LogP contribution in [0, 0.1) is 5.92 Å². The van der Waals surface area contributed by atoms with Crippen LogP contribution in [0.5, 0.6) is 5.75 Å². The van der Waals surface area contributed by atoms with Crippen molar-refractivity contribution in [2.24, 2.45) is 5.92 Å². The Morgan fingerprint density at radius 2 is 1.72 bits per heavy atom. The summed E-state index contributed by atoms with van der Waals surface area (Å²) in [6, 6.07) is 16.2. The van der Waals surface area contributed by atoms with Gasteiger partial charge in [-0.2, -0.15) is 0 Å². The van der Waals surface area contributed by atoms with E-state index in [0.29, 0.717) is 13.1 Å². The van der Waals surface area contributed by atoms with Crippen LogP contribution >= 0.6 is 0 Å². The van der Waals surface area contributed by atoms with Gasteiger partial charge >= 0.3 is 6.03 Å². The number of hydrogen-bond donors (Lipinski definition) is 1. The number of hydrogen-bond acceptors (Lipinski definition) is 3. The second kappa shape index (κ2) is 8.85. The molecule has 2 fully saturated rings. The first-order valence-corrected chi connectivity index (χ1v) is 11.4. The SMILES string of the molecule is COc1ccc(CCN2C(=O)N(NC(=O)C3CC3)CC2c2ccc(C(C)(C)C)cc2)cc1. The lowest BCUT2D eigenvalue weighted by Gasteiger charge is -2.25. The first-order valence-electron chi connectivity index (χ1n) is 11.4. The highest BCUT2D eigenvalue weighted by Gasteiger charge is 2.40. The minimum Gasteiger partial charge on any atom is -0.497 e. The number of urea groups is 1. The Hall–Kier alpha value is -3.02. The zero-order chi connectivity index (χ0) is 22.9. The van der Waals surface area contributed by atoms with Crippen LogP contribution in [0.25, 0.3) is 0 Å². The quantitative estimate of drug-likeness (QED) is 0.699. The maximum atomic E-state index is 13.2. The van der Waals surface area contributed by atoms with Crippen molar-refractivity contribution in [1.82, 2.24) is 15.3 Å². The third-order valence-electron chi connectivity index (χ3n) is 6.36. The van der Waals surface area contributed by atoms with Crippen LogP contribution in [0.3, 0.4) is 0 Å². The van der Waals surface area contributed by atoms with Gasteiger partial charge in [0.05, 0.1) is 19.7 Å². The van der Waals surface area contributed by atoms with E-state index < -0.39 is 0 Å². The second-order valence-electron chi connectivity index (χ2n) is 9.82. The molecule has 0 spiro atoms. The molecule has 1 aliphatic heterocycles. The van der Waals surface area contributed by atoms with Gasteiger partial charge in [-0.25, -0.2) is 9.80 Å². The molecule has 2 aromatic rings. The fourth-order valence-corrected chi connectivity index (χ4v) is 4.09. The second-order valence-corrected chi connectivity index (χ2v) is 9.82. The molecule has 1 unspecified atom stereocenters. The van der Waals surface area contributed by atoms with Crippen molar-refractivity contribution >= 4 is 11.9 Å². The van der Waals surface area contributed by atoms with E-state index in [1.165, 1.54) is 10.6 Å². The number of rotatable bonds is 7. The van der Waals surface area contributed by atoms with Gasteiger partial charge in [-0.3, -0.25) is 10.2 Å². The summed E-state index contributed by atoms with van der Waals surface area (Å²) in [6.07, 6.45) is 2.55. The number of methoxy groups -OCH3 is 1. The molecule has 1 saturated carbocycles. The van der Waals surface area contributed by atoms with E-state index in [1.54, 1.807) is 7.11 Å². The molecule has 0 bridgehead atoms. The molecular weight excluding hydrogens is 402 g/mol. The van der Waals surface area contributed by atoms with Crippen LogP contribution in [-0.4, -0.2) is 42.0 Å². The summed E-state index contributed by atoms with van der Waals surface area (Å²) in [5.74, 6) is 0.828. The van der Waals surface area contributed by atoms with Gasteiger partial charge in [0.25, 0.3) is 0 Å². The largest absolute Gasteiger partial charge is 0.497 e. The van der Waals surface area contributed by atoms with E-state index in [1.807, 2.05) is 29.2 Å². The number of nitrogens with zero attached hydrogens (tertiary/aromatic N) is 2. The molecule has 32 heavy (non-hydrogen) atoms. The van der Waals surface area contributed by atoms with Gasteiger partial charge in [-0.1, -0.05) is 57.2 Å². The van der Waals surface area contributed by atoms with Crippen LogP contribution in [0.15, 0.2) is 48.5 Å². The van der Waals surface area contributed by atoms with Crippen LogP contribution in [-0.2, 0) is 16.6 Å². The molecule has 4 rings (SSSR count). The number of amides is 3. The molecule has 2 aliphatic rings. The van der Waals surface area contributed by atoms with Gasteiger partial charge in [0.1, 0.15) is 5.75 Å². The van der Waals surface area contributed by atoms with Crippen molar-refractivity contribution in [2.45, 2.75) is 51.5 Å².